The summed E-state index contributed by atoms with van der Waals surface area (Å²) in [5.41, 5.74) is 4.85. The standard InChI is InChI=1S/C15H18BrN3O/c1-9-7-12(5-6-14(9)16)17-15(20)8-13-10(2)18-19(4)11(13)3/h5-7H,8H2,1-4H3,(H,17,20). The zero-order chi connectivity index (χ0) is 14.9. The molecule has 0 aliphatic heterocycles. The Hall–Kier alpha value is -1.62. The molecule has 1 heterocycles. The van der Waals surface area contributed by atoms with Crippen molar-refractivity contribution in [2.75, 3.05) is 5.32 Å². The predicted molar refractivity (Wildman–Crippen MR) is 83.9 cm³/mol. The molecule has 0 aliphatic carbocycles. The maximum absolute atomic E-state index is 12.1. The molecule has 0 unspecified atom stereocenters. The van der Waals surface area contributed by atoms with E-state index in [4.69, 9.17) is 0 Å². The van der Waals surface area contributed by atoms with Gasteiger partial charge in [-0.2, -0.15) is 5.10 Å². The van der Waals surface area contributed by atoms with Crippen molar-refractivity contribution in [3.05, 3.63) is 45.2 Å². The van der Waals surface area contributed by atoms with Gasteiger partial charge in [-0.3, -0.25) is 9.48 Å². The van der Waals surface area contributed by atoms with Crippen LogP contribution in [0.3, 0.4) is 0 Å². The van der Waals surface area contributed by atoms with Gasteiger partial charge in [0.05, 0.1) is 12.1 Å². The molecule has 0 aliphatic rings. The lowest BCUT2D eigenvalue weighted by Gasteiger charge is -2.07. The van der Waals surface area contributed by atoms with Crippen LogP contribution in [0.4, 0.5) is 5.69 Å². The second-order valence-electron chi connectivity index (χ2n) is 4.96. The molecule has 2 aromatic rings. The third-order valence-corrected chi connectivity index (χ3v) is 4.33. The van der Waals surface area contributed by atoms with Gasteiger partial charge in [0.2, 0.25) is 5.91 Å². The molecule has 1 aromatic heterocycles. The summed E-state index contributed by atoms with van der Waals surface area (Å²) in [5.74, 6) is -0.0223. The van der Waals surface area contributed by atoms with Crippen molar-refractivity contribution in [3.63, 3.8) is 0 Å². The fourth-order valence-electron chi connectivity index (χ4n) is 2.16. The van der Waals surface area contributed by atoms with Crippen LogP contribution in [-0.4, -0.2) is 15.7 Å². The molecule has 5 heteroatoms. The summed E-state index contributed by atoms with van der Waals surface area (Å²) in [5, 5.41) is 7.25. The molecule has 0 saturated heterocycles. The summed E-state index contributed by atoms with van der Waals surface area (Å²) in [7, 11) is 1.89. The number of carbonyl (C=O) groups is 1. The quantitative estimate of drug-likeness (QED) is 0.935. The van der Waals surface area contributed by atoms with Crippen molar-refractivity contribution >= 4 is 27.5 Å². The number of nitrogens with zero attached hydrogens (tertiary/aromatic N) is 2. The first-order valence-electron chi connectivity index (χ1n) is 6.43. The molecule has 1 N–H and O–H groups in total. The highest BCUT2D eigenvalue weighted by Crippen LogP contribution is 2.20. The third kappa shape index (κ3) is 3.10. The third-order valence-electron chi connectivity index (χ3n) is 3.44. The van der Waals surface area contributed by atoms with Crippen molar-refractivity contribution in [1.82, 2.24) is 9.78 Å². The molecular weight excluding hydrogens is 318 g/mol. The molecule has 106 valence electrons. The largest absolute Gasteiger partial charge is 0.326 e. The van der Waals surface area contributed by atoms with Crippen LogP contribution in [0, 0.1) is 20.8 Å². The van der Waals surface area contributed by atoms with Crippen LogP contribution in [0.25, 0.3) is 0 Å². The lowest BCUT2D eigenvalue weighted by atomic mass is 10.1. The number of nitrogens with one attached hydrogen (secondary N) is 1. The highest BCUT2D eigenvalue weighted by Gasteiger charge is 2.13. The Morgan fingerprint density at radius 2 is 2.05 bits per heavy atom. The highest BCUT2D eigenvalue weighted by atomic mass is 79.9. The summed E-state index contributed by atoms with van der Waals surface area (Å²) < 4.78 is 2.84. The Morgan fingerprint density at radius 3 is 2.60 bits per heavy atom. The maximum Gasteiger partial charge on any atom is 0.228 e. The van der Waals surface area contributed by atoms with Gasteiger partial charge in [-0.05, 0) is 44.5 Å². The van der Waals surface area contributed by atoms with E-state index in [2.05, 4.69) is 26.3 Å². The van der Waals surface area contributed by atoms with Gasteiger partial charge in [-0.25, -0.2) is 0 Å². The van der Waals surface area contributed by atoms with Crippen LogP contribution >= 0.6 is 15.9 Å². The van der Waals surface area contributed by atoms with Crippen LogP contribution in [0.2, 0.25) is 0 Å². The lowest BCUT2D eigenvalue weighted by molar-refractivity contribution is -0.115. The first kappa shape index (κ1) is 14.8. The van der Waals surface area contributed by atoms with Gasteiger partial charge in [0.15, 0.2) is 0 Å². The smallest absolute Gasteiger partial charge is 0.228 e. The Kier molecular flexibility index (Phi) is 4.28. The van der Waals surface area contributed by atoms with Crippen LogP contribution in [0.15, 0.2) is 22.7 Å². The molecular formula is C15H18BrN3O. The predicted octanol–water partition coefficient (Wildman–Crippen LogP) is 3.29. The molecule has 0 atom stereocenters. The van der Waals surface area contributed by atoms with E-state index in [0.29, 0.717) is 6.42 Å². The Bertz CT molecular complexity index is 661. The van der Waals surface area contributed by atoms with E-state index in [1.54, 1.807) is 0 Å². The van der Waals surface area contributed by atoms with E-state index in [1.807, 2.05) is 50.7 Å². The zero-order valence-electron chi connectivity index (χ0n) is 12.1. The second-order valence-corrected chi connectivity index (χ2v) is 5.82. The number of aromatic nitrogens is 2. The van der Waals surface area contributed by atoms with Gasteiger partial charge >= 0.3 is 0 Å². The molecule has 4 nitrogen and oxygen atoms in total. The van der Waals surface area contributed by atoms with Crippen LogP contribution < -0.4 is 5.32 Å². The Labute approximate surface area is 127 Å². The minimum absolute atomic E-state index is 0.0223. The SMILES string of the molecule is Cc1cc(NC(=O)Cc2c(C)nn(C)c2C)ccc1Br. The van der Waals surface area contributed by atoms with Crippen molar-refractivity contribution < 1.29 is 4.79 Å². The molecule has 0 bridgehead atoms. The average molecular weight is 336 g/mol. The van der Waals surface area contributed by atoms with Crippen molar-refractivity contribution in [1.29, 1.82) is 0 Å². The number of rotatable bonds is 3. The molecule has 1 amide bonds. The van der Waals surface area contributed by atoms with E-state index in [1.165, 1.54) is 0 Å². The van der Waals surface area contributed by atoms with E-state index in [-0.39, 0.29) is 5.91 Å². The normalized spacial score (nSPS) is 10.7. The van der Waals surface area contributed by atoms with Crippen molar-refractivity contribution in [2.45, 2.75) is 27.2 Å². The minimum atomic E-state index is -0.0223. The molecule has 0 saturated carbocycles. The molecule has 0 spiro atoms. The number of hydrogen-bond donors (Lipinski definition) is 1. The van der Waals surface area contributed by atoms with Crippen LogP contribution in [0.5, 0.6) is 0 Å². The monoisotopic (exact) mass is 335 g/mol. The molecule has 2 rings (SSSR count). The Balaban J connectivity index is 2.11. The number of halogens is 1. The summed E-state index contributed by atoms with van der Waals surface area (Å²) in [6.45, 7) is 5.90. The summed E-state index contributed by atoms with van der Waals surface area (Å²) in [4.78, 5) is 12.1. The van der Waals surface area contributed by atoms with Crippen LogP contribution in [0.1, 0.15) is 22.5 Å². The fraction of sp³-hybridized carbons (Fsp3) is 0.333. The number of aryl methyl sites for hydroxylation is 3. The molecule has 0 fully saturated rings. The second kappa shape index (κ2) is 5.79. The average Bonchev–Trinajstić information content (AvgIpc) is 2.61. The van der Waals surface area contributed by atoms with Gasteiger partial charge in [0.25, 0.3) is 0 Å². The summed E-state index contributed by atoms with van der Waals surface area (Å²) >= 11 is 3.45. The summed E-state index contributed by atoms with van der Waals surface area (Å²) in [6, 6.07) is 5.77. The van der Waals surface area contributed by atoms with E-state index in [0.717, 1.165) is 32.7 Å². The van der Waals surface area contributed by atoms with Crippen molar-refractivity contribution in [3.8, 4) is 0 Å². The highest BCUT2D eigenvalue weighted by molar-refractivity contribution is 9.10. The van der Waals surface area contributed by atoms with E-state index in [9.17, 15) is 4.79 Å². The number of anilines is 1. The number of amides is 1. The minimum Gasteiger partial charge on any atom is -0.326 e. The number of benzene rings is 1. The van der Waals surface area contributed by atoms with Gasteiger partial charge < -0.3 is 5.32 Å². The maximum atomic E-state index is 12.1. The van der Waals surface area contributed by atoms with E-state index >= 15 is 0 Å². The topological polar surface area (TPSA) is 46.9 Å². The first-order valence-corrected chi connectivity index (χ1v) is 7.23. The van der Waals surface area contributed by atoms with Crippen LogP contribution in [-0.2, 0) is 18.3 Å². The van der Waals surface area contributed by atoms with Crippen molar-refractivity contribution in [2.24, 2.45) is 7.05 Å². The number of hydrogen-bond acceptors (Lipinski definition) is 2. The first-order chi connectivity index (χ1) is 9.38. The van der Waals surface area contributed by atoms with E-state index < -0.39 is 0 Å². The van der Waals surface area contributed by atoms with Gasteiger partial charge in [0.1, 0.15) is 0 Å². The lowest BCUT2D eigenvalue weighted by Crippen LogP contribution is -2.15. The van der Waals surface area contributed by atoms with Gasteiger partial charge in [0, 0.05) is 28.5 Å². The van der Waals surface area contributed by atoms with Gasteiger partial charge in [-0.1, -0.05) is 15.9 Å². The number of carbonyl (C=O) groups excluding carboxylic acids is 1. The van der Waals surface area contributed by atoms with Gasteiger partial charge in [-0.15, -0.1) is 0 Å². The fourth-order valence-corrected chi connectivity index (χ4v) is 2.41. The molecule has 20 heavy (non-hydrogen) atoms. The zero-order valence-corrected chi connectivity index (χ0v) is 13.7. The molecule has 0 radical (unpaired) electrons. The molecule has 1 aromatic carbocycles. The Morgan fingerprint density at radius 1 is 1.35 bits per heavy atom. The summed E-state index contributed by atoms with van der Waals surface area (Å²) in [6.07, 6.45) is 0.348.